The Morgan fingerprint density at radius 3 is 3.06 bits per heavy atom. The summed E-state index contributed by atoms with van der Waals surface area (Å²) < 4.78 is 0. The maximum Gasteiger partial charge on any atom is 0.243 e. The van der Waals surface area contributed by atoms with Crippen molar-refractivity contribution >= 4 is 22.4 Å². The second kappa shape index (κ2) is 5.42. The summed E-state index contributed by atoms with van der Waals surface area (Å²) in [5, 5.41) is 3.46. The van der Waals surface area contributed by atoms with Crippen molar-refractivity contribution < 1.29 is 4.79 Å². The van der Waals surface area contributed by atoms with Crippen molar-refractivity contribution in [2.75, 3.05) is 5.32 Å². The number of aromatic nitrogens is 1. The fraction of sp³-hybridized carbons (Fsp3) is 0.500. The van der Waals surface area contributed by atoms with Crippen molar-refractivity contribution in [3.8, 4) is 0 Å². The number of hydrogen-bond acceptors (Lipinski definition) is 4. The summed E-state index contributed by atoms with van der Waals surface area (Å²) in [6.07, 6.45) is 6.66. The average Bonchev–Trinajstić information content (AvgIpc) is 2.71. The molecule has 4 nitrogen and oxygen atoms in total. The van der Waals surface area contributed by atoms with Gasteiger partial charge >= 0.3 is 0 Å². The largest absolute Gasteiger partial charge is 0.320 e. The van der Waals surface area contributed by atoms with Gasteiger partial charge in [-0.1, -0.05) is 6.08 Å². The zero-order chi connectivity index (χ0) is 12.3. The number of thiazole rings is 1. The molecule has 1 aliphatic rings. The molecule has 1 heterocycles. The molecule has 3 N–H and O–H groups in total. The molecule has 0 fully saturated rings. The number of rotatable bonds is 4. The molecule has 1 atom stereocenters. The molecule has 2 rings (SSSR count). The van der Waals surface area contributed by atoms with Crippen molar-refractivity contribution in [3.63, 3.8) is 0 Å². The molecule has 1 unspecified atom stereocenters. The summed E-state index contributed by atoms with van der Waals surface area (Å²) >= 11 is 1.57. The fourth-order valence-electron chi connectivity index (χ4n) is 1.89. The first kappa shape index (κ1) is 12.3. The number of anilines is 1. The predicted molar refractivity (Wildman–Crippen MR) is 70.2 cm³/mol. The molecule has 5 heteroatoms. The molecule has 0 saturated carbocycles. The summed E-state index contributed by atoms with van der Waals surface area (Å²) in [7, 11) is 0. The standard InChI is InChI=1S/C12H17N3OS/c1-2-5-8(13)11(16)15-12-14-9-6-3-4-7-10(9)17-12/h2,8H,1,3-7,13H2,(H,14,15,16). The maximum absolute atomic E-state index is 11.7. The number of nitrogens with one attached hydrogen (secondary N) is 1. The quantitative estimate of drug-likeness (QED) is 0.803. The summed E-state index contributed by atoms with van der Waals surface area (Å²) in [5.41, 5.74) is 6.84. The Kier molecular flexibility index (Phi) is 3.91. The number of fused-ring (bicyclic) bond motifs is 1. The van der Waals surface area contributed by atoms with Gasteiger partial charge in [-0.25, -0.2) is 4.98 Å². The van der Waals surface area contributed by atoms with Gasteiger partial charge in [0.25, 0.3) is 0 Å². The van der Waals surface area contributed by atoms with Crippen molar-refractivity contribution in [3.05, 3.63) is 23.2 Å². The molecule has 0 radical (unpaired) electrons. The van der Waals surface area contributed by atoms with Crippen LogP contribution in [-0.2, 0) is 17.6 Å². The van der Waals surface area contributed by atoms with Gasteiger partial charge in [0.15, 0.2) is 5.13 Å². The third-order valence-electron chi connectivity index (χ3n) is 2.83. The second-order valence-corrected chi connectivity index (χ2v) is 5.30. The molecular formula is C12H17N3OS. The lowest BCUT2D eigenvalue weighted by Gasteiger charge is -2.07. The van der Waals surface area contributed by atoms with Crippen LogP contribution in [0.15, 0.2) is 12.7 Å². The van der Waals surface area contributed by atoms with Crippen LogP contribution in [0.4, 0.5) is 5.13 Å². The van der Waals surface area contributed by atoms with E-state index in [2.05, 4.69) is 16.9 Å². The van der Waals surface area contributed by atoms with Gasteiger partial charge in [-0.3, -0.25) is 4.79 Å². The highest BCUT2D eigenvalue weighted by molar-refractivity contribution is 7.15. The number of nitrogens with two attached hydrogens (primary N) is 1. The van der Waals surface area contributed by atoms with Gasteiger partial charge in [-0.05, 0) is 32.1 Å². The fourth-order valence-corrected chi connectivity index (χ4v) is 2.94. The highest BCUT2D eigenvalue weighted by Crippen LogP contribution is 2.29. The molecule has 1 aliphatic carbocycles. The topological polar surface area (TPSA) is 68.0 Å². The number of nitrogens with zero attached hydrogens (tertiary/aromatic N) is 1. The van der Waals surface area contributed by atoms with E-state index >= 15 is 0 Å². The van der Waals surface area contributed by atoms with E-state index in [1.807, 2.05) is 0 Å². The molecule has 0 bridgehead atoms. The van der Waals surface area contributed by atoms with Crippen LogP contribution in [0.25, 0.3) is 0 Å². The molecular weight excluding hydrogens is 234 g/mol. The van der Waals surface area contributed by atoms with E-state index in [0.717, 1.165) is 18.5 Å². The molecule has 1 aromatic rings. The van der Waals surface area contributed by atoms with Crippen LogP contribution < -0.4 is 11.1 Å². The number of aryl methyl sites for hydroxylation is 2. The molecule has 1 aromatic heterocycles. The monoisotopic (exact) mass is 251 g/mol. The molecule has 17 heavy (non-hydrogen) atoms. The van der Waals surface area contributed by atoms with Crippen molar-refractivity contribution in [2.45, 2.75) is 38.1 Å². The van der Waals surface area contributed by atoms with Crippen molar-refractivity contribution in [1.29, 1.82) is 0 Å². The van der Waals surface area contributed by atoms with E-state index in [9.17, 15) is 4.79 Å². The van der Waals surface area contributed by atoms with Crippen LogP contribution in [0.5, 0.6) is 0 Å². The Labute approximate surface area is 105 Å². The van der Waals surface area contributed by atoms with Crippen LogP contribution in [0.3, 0.4) is 0 Å². The Balaban J connectivity index is 2.01. The van der Waals surface area contributed by atoms with Crippen LogP contribution in [-0.4, -0.2) is 16.9 Å². The molecule has 92 valence electrons. The van der Waals surface area contributed by atoms with Crippen molar-refractivity contribution in [1.82, 2.24) is 4.98 Å². The normalized spacial score (nSPS) is 16.1. The first-order valence-corrected chi connectivity index (χ1v) is 6.68. The third-order valence-corrected chi connectivity index (χ3v) is 3.91. The summed E-state index contributed by atoms with van der Waals surface area (Å²) in [5.74, 6) is -0.184. The van der Waals surface area contributed by atoms with Gasteiger partial charge in [0, 0.05) is 4.88 Å². The van der Waals surface area contributed by atoms with Gasteiger partial charge in [0.05, 0.1) is 11.7 Å². The van der Waals surface area contributed by atoms with Gasteiger partial charge < -0.3 is 11.1 Å². The van der Waals surface area contributed by atoms with Crippen LogP contribution in [0.1, 0.15) is 29.8 Å². The first-order valence-electron chi connectivity index (χ1n) is 5.86. The zero-order valence-electron chi connectivity index (χ0n) is 9.74. The van der Waals surface area contributed by atoms with E-state index < -0.39 is 6.04 Å². The van der Waals surface area contributed by atoms with E-state index in [1.165, 1.54) is 17.7 Å². The molecule has 1 amide bonds. The highest BCUT2D eigenvalue weighted by Gasteiger charge is 2.18. The Hall–Kier alpha value is -1.20. The number of carbonyl (C=O) groups is 1. The zero-order valence-corrected chi connectivity index (χ0v) is 10.6. The molecule has 0 aromatic carbocycles. The van der Waals surface area contributed by atoms with Crippen LogP contribution in [0.2, 0.25) is 0 Å². The summed E-state index contributed by atoms with van der Waals surface area (Å²) in [6, 6.07) is -0.534. The Morgan fingerprint density at radius 2 is 2.35 bits per heavy atom. The van der Waals surface area contributed by atoms with E-state index in [1.54, 1.807) is 17.4 Å². The summed E-state index contributed by atoms with van der Waals surface area (Å²) in [6.45, 7) is 3.57. The average molecular weight is 251 g/mol. The van der Waals surface area contributed by atoms with E-state index in [-0.39, 0.29) is 5.91 Å². The lowest BCUT2D eigenvalue weighted by molar-refractivity contribution is -0.117. The predicted octanol–water partition coefficient (Wildman–Crippen LogP) is 1.86. The Bertz CT molecular complexity index is 404. The van der Waals surface area contributed by atoms with Gasteiger partial charge in [0.1, 0.15) is 0 Å². The van der Waals surface area contributed by atoms with Crippen LogP contribution >= 0.6 is 11.3 Å². The number of carbonyl (C=O) groups excluding carboxylic acids is 1. The molecule has 0 aliphatic heterocycles. The number of amides is 1. The third kappa shape index (κ3) is 2.92. The maximum atomic E-state index is 11.7. The van der Waals surface area contributed by atoms with Gasteiger partial charge in [0.2, 0.25) is 5.91 Å². The van der Waals surface area contributed by atoms with E-state index in [0.29, 0.717) is 11.6 Å². The lowest BCUT2D eigenvalue weighted by Crippen LogP contribution is -2.35. The minimum absolute atomic E-state index is 0.184. The molecule has 0 saturated heterocycles. The lowest BCUT2D eigenvalue weighted by atomic mass is 10.0. The second-order valence-electron chi connectivity index (χ2n) is 4.22. The molecule has 0 spiro atoms. The number of hydrogen-bond donors (Lipinski definition) is 2. The summed E-state index contributed by atoms with van der Waals surface area (Å²) in [4.78, 5) is 17.4. The van der Waals surface area contributed by atoms with E-state index in [4.69, 9.17) is 5.73 Å². The first-order chi connectivity index (χ1) is 8.20. The highest BCUT2D eigenvalue weighted by atomic mass is 32.1. The smallest absolute Gasteiger partial charge is 0.243 e. The Morgan fingerprint density at radius 1 is 1.59 bits per heavy atom. The van der Waals surface area contributed by atoms with Crippen LogP contribution in [0, 0.1) is 0 Å². The van der Waals surface area contributed by atoms with Crippen molar-refractivity contribution in [2.24, 2.45) is 5.73 Å². The van der Waals surface area contributed by atoms with Gasteiger partial charge in [-0.2, -0.15) is 0 Å². The van der Waals surface area contributed by atoms with Gasteiger partial charge in [-0.15, -0.1) is 17.9 Å². The minimum atomic E-state index is -0.534. The minimum Gasteiger partial charge on any atom is -0.320 e. The SMILES string of the molecule is C=CCC(N)C(=O)Nc1nc2c(s1)CCCC2.